The molecule has 0 aliphatic rings. The lowest BCUT2D eigenvalue weighted by Crippen LogP contribution is -2.16. The summed E-state index contributed by atoms with van der Waals surface area (Å²) in [7, 11) is 0.105. The average molecular weight is 298 g/mol. The van der Waals surface area contributed by atoms with Crippen LogP contribution in [0.5, 0.6) is 0 Å². The third-order valence-electron chi connectivity index (χ3n) is 2.81. The van der Waals surface area contributed by atoms with Crippen molar-refractivity contribution in [3.05, 3.63) is 72.8 Å². The fraction of sp³-hybridized carbons (Fsp3) is 0.0588. The molecule has 21 heavy (non-hydrogen) atoms. The first-order valence-electron chi connectivity index (χ1n) is 6.42. The second-order valence-electron chi connectivity index (χ2n) is 4.20. The van der Waals surface area contributed by atoms with Crippen LogP contribution in [0.2, 0.25) is 0 Å². The highest BCUT2D eigenvalue weighted by atomic mass is 31.1. The van der Waals surface area contributed by atoms with Gasteiger partial charge in [-0.15, -0.1) is 0 Å². The summed E-state index contributed by atoms with van der Waals surface area (Å²) in [6, 6.07) is 19.2. The third-order valence-corrected chi connectivity index (χ3v) is 5.03. The van der Waals surface area contributed by atoms with Crippen LogP contribution in [0.4, 0.5) is 0 Å². The summed E-state index contributed by atoms with van der Waals surface area (Å²) < 4.78 is 4.52. The molecular formula is C17H15O3P. The van der Waals surface area contributed by atoms with Gasteiger partial charge in [0.15, 0.2) is 5.52 Å². The molecule has 0 N–H and O–H groups in total. The lowest BCUT2D eigenvalue weighted by molar-refractivity contribution is -0.135. The minimum absolute atomic E-state index is 0.0900. The van der Waals surface area contributed by atoms with Gasteiger partial charge in [-0.05, 0) is 16.7 Å². The molecule has 0 bridgehead atoms. The van der Waals surface area contributed by atoms with Gasteiger partial charge in [-0.2, -0.15) is 0 Å². The predicted octanol–water partition coefficient (Wildman–Crippen LogP) is 2.38. The summed E-state index contributed by atoms with van der Waals surface area (Å²) in [4.78, 5) is 23.7. The highest BCUT2D eigenvalue weighted by molar-refractivity contribution is 7.88. The van der Waals surface area contributed by atoms with E-state index in [1.165, 1.54) is 19.3 Å². The molecule has 0 unspecified atom stereocenters. The van der Waals surface area contributed by atoms with Crippen LogP contribution in [-0.4, -0.2) is 18.6 Å². The van der Waals surface area contributed by atoms with Gasteiger partial charge in [-0.1, -0.05) is 60.7 Å². The standard InChI is InChI=1S/C17H15O3P/c1-20-16(18)12-13-17(19)21(14-8-4-2-5-9-14)15-10-6-3-7-11-15/h2-13H,1H3/b13-12+. The Bertz CT molecular complexity index is 596. The van der Waals surface area contributed by atoms with E-state index in [1.54, 1.807) is 0 Å². The average Bonchev–Trinajstić information content (AvgIpc) is 2.55. The number of allylic oxidation sites excluding steroid dienone is 1. The summed E-state index contributed by atoms with van der Waals surface area (Å²) in [5.74, 6) is -0.528. The van der Waals surface area contributed by atoms with Crippen molar-refractivity contribution < 1.29 is 14.3 Å². The molecule has 2 aromatic rings. The van der Waals surface area contributed by atoms with E-state index in [9.17, 15) is 9.59 Å². The number of carbonyl (C=O) groups is 2. The molecule has 0 atom stereocenters. The number of carbonyl (C=O) groups excluding carboxylic acids is 2. The molecule has 0 saturated carbocycles. The molecule has 2 rings (SSSR count). The van der Waals surface area contributed by atoms with Crippen LogP contribution in [-0.2, 0) is 14.3 Å². The Balaban J connectivity index is 2.36. The molecule has 0 aliphatic heterocycles. The van der Waals surface area contributed by atoms with Crippen molar-refractivity contribution in [3.63, 3.8) is 0 Å². The van der Waals surface area contributed by atoms with Gasteiger partial charge in [-0.25, -0.2) is 4.79 Å². The highest BCUT2D eigenvalue weighted by Gasteiger charge is 2.20. The maximum absolute atomic E-state index is 12.5. The van der Waals surface area contributed by atoms with E-state index >= 15 is 0 Å². The summed E-state index contributed by atoms with van der Waals surface area (Å²) in [6.45, 7) is 0. The molecule has 4 heteroatoms. The lowest BCUT2D eigenvalue weighted by Gasteiger charge is -2.15. The number of ether oxygens (including phenoxy) is 1. The van der Waals surface area contributed by atoms with E-state index in [2.05, 4.69) is 4.74 Å². The first kappa shape index (κ1) is 15.1. The summed E-state index contributed by atoms with van der Waals surface area (Å²) in [6.07, 6.45) is 2.47. The zero-order valence-corrected chi connectivity index (χ0v) is 12.5. The molecule has 0 aromatic heterocycles. The largest absolute Gasteiger partial charge is 0.466 e. The minimum Gasteiger partial charge on any atom is -0.466 e. The predicted molar refractivity (Wildman–Crippen MR) is 85.2 cm³/mol. The van der Waals surface area contributed by atoms with Crippen molar-refractivity contribution >= 4 is 30.0 Å². The van der Waals surface area contributed by atoms with Crippen LogP contribution in [0, 0.1) is 0 Å². The van der Waals surface area contributed by atoms with Crippen LogP contribution in [0.25, 0.3) is 0 Å². The van der Waals surface area contributed by atoms with Gasteiger partial charge in [0, 0.05) is 14.0 Å². The number of esters is 1. The van der Waals surface area contributed by atoms with Crippen molar-refractivity contribution in [3.8, 4) is 0 Å². The normalized spacial score (nSPS) is 10.8. The first-order chi connectivity index (χ1) is 10.2. The minimum atomic E-state index is -1.18. The number of hydrogen-bond donors (Lipinski definition) is 0. The monoisotopic (exact) mass is 298 g/mol. The van der Waals surface area contributed by atoms with Crippen molar-refractivity contribution in [1.82, 2.24) is 0 Å². The Labute approximate surface area is 125 Å². The second kappa shape index (κ2) is 7.51. The zero-order chi connectivity index (χ0) is 15.1. The summed E-state index contributed by atoms with van der Waals surface area (Å²) >= 11 is 0. The van der Waals surface area contributed by atoms with Crippen molar-refractivity contribution in [2.24, 2.45) is 0 Å². The number of methoxy groups -OCH3 is 1. The fourth-order valence-corrected chi connectivity index (χ4v) is 3.81. The first-order valence-corrected chi connectivity index (χ1v) is 7.77. The van der Waals surface area contributed by atoms with Crippen LogP contribution < -0.4 is 10.6 Å². The maximum Gasteiger partial charge on any atom is 0.330 e. The van der Waals surface area contributed by atoms with Gasteiger partial charge >= 0.3 is 5.97 Å². The molecule has 0 aliphatic carbocycles. The van der Waals surface area contributed by atoms with Crippen LogP contribution in [0.1, 0.15) is 0 Å². The molecule has 0 amide bonds. The topological polar surface area (TPSA) is 43.4 Å². The van der Waals surface area contributed by atoms with Gasteiger partial charge < -0.3 is 4.74 Å². The highest BCUT2D eigenvalue weighted by Crippen LogP contribution is 2.34. The quantitative estimate of drug-likeness (QED) is 0.483. The van der Waals surface area contributed by atoms with Crippen molar-refractivity contribution in [2.75, 3.05) is 7.11 Å². The van der Waals surface area contributed by atoms with Crippen LogP contribution >= 0.6 is 7.92 Å². The van der Waals surface area contributed by atoms with E-state index in [-0.39, 0.29) is 5.52 Å². The molecule has 0 heterocycles. The Morgan fingerprint density at radius 1 is 0.857 bits per heavy atom. The van der Waals surface area contributed by atoms with E-state index in [4.69, 9.17) is 0 Å². The zero-order valence-electron chi connectivity index (χ0n) is 11.6. The Morgan fingerprint density at radius 2 is 1.33 bits per heavy atom. The molecular weight excluding hydrogens is 283 g/mol. The van der Waals surface area contributed by atoms with E-state index in [0.717, 1.165) is 10.6 Å². The van der Waals surface area contributed by atoms with Gasteiger partial charge in [0.1, 0.15) is 0 Å². The van der Waals surface area contributed by atoms with Gasteiger partial charge in [0.2, 0.25) is 0 Å². The third kappa shape index (κ3) is 4.11. The SMILES string of the molecule is COC(=O)/C=C/C(=O)P(c1ccccc1)c1ccccc1. The van der Waals surface area contributed by atoms with Crippen LogP contribution in [0.3, 0.4) is 0 Å². The summed E-state index contributed by atoms with van der Waals surface area (Å²) in [5, 5.41) is 1.91. The molecule has 0 radical (unpaired) electrons. The number of benzene rings is 2. The Kier molecular flexibility index (Phi) is 5.42. The molecule has 2 aromatic carbocycles. The Morgan fingerprint density at radius 3 is 1.76 bits per heavy atom. The molecule has 3 nitrogen and oxygen atoms in total. The van der Waals surface area contributed by atoms with Gasteiger partial charge in [-0.3, -0.25) is 4.79 Å². The maximum atomic E-state index is 12.5. The Hall–Kier alpha value is -2.25. The van der Waals surface area contributed by atoms with Crippen LogP contribution in [0.15, 0.2) is 72.8 Å². The molecule has 0 spiro atoms. The molecule has 106 valence electrons. The fourth-order valence-electron chi connectivity index (χ4n) is 1.84. The van der Waals surface area contributed by atoms with E-state index in [1.807, 2.05) is 60.7 Å². The number of hydrogen-bond acceptors (Lipinski definition) is 3. The van der Waals surface area contributed by atoms with Gasteiger partial charge in [0.05, 0.1) is 7.11 Å². The molecule has 0 fully saturated rings. The van der Waals surface area contributed by atoms with E-state index < -0.39 is 13.9 Å². The molecule has 0 saturated heterocycles. The summed E-state index contributed by atoms with van der Waals surface area (Å²) in [5.41, 5.74) is -0.0900. The second-order valence-corrected chi connectivity index (χ2v) is 6.35. The smallest absolute Gasteiger partial charge is 0.330 e. The lowest BCUT2D eigenvalue weighted by atomic mass is 10.4. The number of rotatable bonds is 5. The van der Waals surface area contributed by atoms with Gasteiger partial charge in [0.25, 0.3) is 0 Å². The van der Waals surface area contributed by atoms with Crippen molar-refractivity contribution in [2.45, 2.75) is 0 Å². The van der Waals surface area contributed by atoms with E-state index in [0.29, 0.717) is 0 Å². The van der Waals surface area contributed by atoms with Crippen molar-refractivity contribution in [1.29, 1.82) is 0 Å².